The summed E-state index contributed by atoms with van der Waals surface area (Å²) in [5.41, 5.74) is 1.35. The predicted molar refractivity (Wildman–Crippen MR) is 85.5 cm³/mol. The van der Waals surface area contributed by atoms with E-state index in [0.29, 0.717) is 12.1 Å². The van der Waals surface area contributed by atoms with E-state index in [9.17, 15) is 9.59 Å². The van der Waals surface area contributed by atoms with E-state index < -0.39 is 6.04 Å². The molecule has 5 heteroatoms. The van der Waals surface area contributed by atoms with E-state index in [1.54, 1.807) is 24.9 Å². The minimum absolute atomic E-state index is 0.0927. The maximum atomic E-state index is 12.3. The smallest absolute Gasteiger partial charge is 0.254 e. The Labute approximate surface area is 126 Å². The lowest BCUT2D eigenvalue weighted by molar-refractivity contribution is -0.131. The van der Waals surface area contributed by atoms with E-state index in [2.05, 4.69) is 17.6 Å². The first-order valence-corrected chi connectivity index (χ1v) is 7.40. The Morgan fingerprint density at radius 3 is 2.52 bits per heavy atom. The van der Waals surface area contributed by atoms with E-state index in [1.165, 1.54) is 0 Å². The number of hydrogen-bond acceptors (Lipinski definition) is 3. The fourth-order valence-corrected chi connectivity index (χ4v) is 1.92. The molecule has 0 radical (unpaired) electrons. The standard InChI is InChI=1S/C16H25N3O2/c1-5-11-17-14-10-8-7-9-13(14)15(20)18-12(3)16(21)19(4)6-2/h7-10,12,17H,5-6,11H2,1-4H3,(H,18,20). The monoisotopic (exact) mass is 291 g/mol. The fourth-order valence-electron chi connectivity index (χ4n) is 1.92. The zero-order chi connectivity index (χ0) is 15.8. The highest BCUT2D eigenvalue weighted by atomic mass is 16.2. The van der Waals surface area contributed by atoms with Gasteiger partial charge in [0.15, 0.2) is 0 Å². The minimum Gasteiger partial charge on any atom is -0.384 e. The van der Waals surface area contributed by atoms with Crippen molar-refractivity contribution in [2.45, 2.75) is 33.2 Å². The van der Waals surface area contributed by atoms with Crippen molar-refractivity contribution in [3.63, 3.8) is 0 Å². The van der Waals surface area contributed by atoms with Gasteiger partial charge in [0.25, 0.3) is 5.91 Å². The van der Waals surface area contributed by atoms with Gasteiger partial charge in [0.1, 0.15) is 6.04 Å². The lowest BCUT2D eigenvalue weighted by Gasteiger charge is -2.21. The summed E-state index contributed by atoms with van der Waals surface area (Å²) in [4.78, 5) is 25.9. The molecule has 1 unspecified atom stereocenters. The van der Waals surface area contributed by atoms with Gasteiger partial charge < -0.3 is 15.5 Å². The van der Waals surface area contributed by atoms with Gasteiger partial charge in [-0.1, -0.05) is 19.1 Å². The topological polar surface area (TPSA) is 61.4 Å². The second kappa shape index (κ2) is 8.29. The number of para-hydroxylation sites is 1. The highest BCUT2D eigenvalue weighted by Crippen LogP contribution is 2.15. The van der Waals surface area contributed by atoms with Crippen molar-refractivity contribution in [3.05, 3.63) is 29.8 Å². The molecule has 1 atom stereocenters. The number of benzene rings is 1. The van der Waals surface area contributed by atoms with E-state index in [0.717, 1.165) is 18.7 Å². The highest BCUT2D eigenvalue weighted by Gasteiger charge is 2.20. The van der Waals surface area contributed by atoms with E-state index >= 15 is 0 Å². The van der Waals surface area contributed by atoms with Crippen LogP contribution in [0.2, 0.25) is 0 Å². The van der Waals surface area contributed by atoms with Crippen LogP contribution in [0.15, 0.2) is 24.3 Å². The first kappa shape index (κ1) is 17.0. The molecule has 2 N–H and O–H groups in total. The zero-order valence-electron chi connectivity index (χ0n) is 13.3. The molecule has 0 fully saturated rings. The van der Waals surface area contributed by atoms with Crippen molar-refractivity contribution >= 4 is 17.5 Å². The summed E-state index contributed by atoms with van der Waals surface area (Å²) in [6.45, 7) is 7.09. The maximum absolute atomic E-state index is 12.3. The van der Waals surface area contributed by atoms with Crippen molar-refractivity contribution in [3.8, 4) is 0 Å². The highest BCUT2D eigenvalue weighted by molar-refractivity contribution is 6.01. The average Bonchev–Trinajstić information content (AvgIpc) is 2.51. The molecule has 5 nitrogen and oxygen atoms in total. The molecule has 1 rings (SSSR count). The summed E-state index contributed by atoms with van der Waals surface area (Å²) < 4.78 is 0. The van der Waals surface area contributed by atoms with Crippen LogP contribution < -0.4 is 10.6 Å². The third kappa shape index (κ3) is 4.77. The van der Waals surface area contributed by atoms with Crippen LogP contribution in [0.5, 0.6) is 0 Å². The van der Waals surface area contributed by atoms with E-state index in [-0.39, 0.29) is 11.8 Å². The number of nitrogens with zero attached hydrogens (tertiary/aromatic N) is 1. The zero-order valence-corrected chi connectivity index (χ0v) is 13.3. The van der Waals surface area contributed by atoms with Crippen LogP contribution in [-0.2, 0) is 4.79 Å². The number of carbonyl (C=O) groups is 2. The third-order valence-corrected chi connectivity index (χ3v) is 3.31. The first-order valence-electron chi connectivity index (χ1n) is 7.40. The largest absolute Gasteiger partial charge is 0.384 e. The van der Waals surface area contributed by atoms with Gasteiger partial charge in [-0.2, -0.15) is 0 Å². The molecule has 0 aliphatic heterocycles. The Morgan fingerprint density at radius 1 is 1.24 bits per heavy atom. The fraction of sp³-hybridized carbons (Fsp3) is 0.500. The molecule has 2 amide bonds. The lowest BCUT2D eigenvalue weighted by atomic mass is 10.1. The van der Waals surface area contributed by atoms with Gasteiger partial charge in [-0.15, -0.1) is 0 Å². The number of rotatable bonds is 7. The number of hydrogen-bond donors (Lipinski definition) is 2. The average molecular weight is 291 g/mol. The Kier molecular flexibility index (Phi) is 6.72. The van der Waals surface area contributed by atoms with Gasteiger partial charge >= 0.3 is 0 Å². The molecule has 0 spiro atoms. The number of likely N-dealkylation sites (N-methyl/N-ethyl adjacent to an activating group) is 1. The molecular formula is C16H25N3O2. The van der Waals surface area contributed by atoms with Crippen molar-refractivity contribution in [1.29, 1.82) is 0 Å². The Bertz CT molecular complexity index is 488. The second-order valence-corrected chi connectivity index (χ2v) is 5.02. The number of anilines is 1. The molecule has 0 aromatic heterocycles. The SMILES string of the molecule is CCCNc1ccccc1C(=O)NC(C)C(=O)N(C)CC. The summed E-state index contributed by atoms with van der Waals surface area (Å²) >= 11 is 0. The van der Waals surface area contributed by atoms with Gasteiger partial charge in [-0.3, -0.25) is 9.59 Å². The Balaban J connectivity index is 2.77. The summed E-state index contributed by atoms with van der Waals surface area (Å²) in [7, 11) is 1.72. The van der Waals surface area contributed by atoms with Gasteiger partial charge in [-0.05, 0) is 32.4 Å². The van der Waals surface area contributed by atoms with Gasteiger partial charge in [0.05, 0.1) is 5.56 Å². The second-order valence-electron chi connectivity index (χ2n) is 5.02. The van der Waals surface area contributed by atoms with Gasteiger partial charge in [0.2, 0.25) is 5.91 Å². The first-order chi connectivity index (χ1) is 10.0. The van der Waals surface area contributed by atoms with Crippen LogP contribution in [0.1, 0.15) is 37.6 Å². The minimum atomic E-state index is -0.540. The number of nitrogens with one attached hydrogen (secondary N) is 2. The molecule has 116 valence electrons. The summed E-state index contributed by atoms with van der Waals surface area (Å²) in [6.07, 6.45) is 0.978. The van der Waals surface area contributed by atoms with E-state index in [4.69, 9.17) is 0 Å². The summed E-state index contributed by atoms with van der Waals surface area (Å²) in [5, 5.41) is 5.98. The third-order valence-electron chi connectivity index (χ3n) is 3.31. The van der Waals surface area contributed by atoms with Crippen molar-refractivity contribution in [1.82, 2.24) is 10.2 Å². The summed E-state index contributed by atoms with van der Waals surface area (Å²) in [6, 6.07) is 6.79. The normalized spacial score (nSPS) is 11.6. The van der Waals surface area contributed by atoms with Gasteiger partial charge in [-0.25, -0.2) is 0 Å². The molecule has 21 heavy (non-hydrogen) atoms. The van der Waals surface area contributed by atoms with E-state index in [1.807, 2.05) is 25.1 Å². The van der Waals surface area contributed by atoms with Crippen LogP contribution in [0.25, 0.3) is 0 Å². The van der Waals surface area contributed by atoms with Crippen LogP contribution in [0.4, 0.5) is 5.69 Å². The molecular weight excluding hydrogens is 266 g/mol. The molecule has 0 aliphatic rings. The van der Waals surface area contributed by atoms with Crippen LogP contribution in [0.3, 0.4) is 0 Å². The number of amides is 2. The maximum Gasteiger partial charge on any atom is 0.254 e. The van der Waals surface area contributed by atoms with Crippen molar-refractivity contribution < 1.29 is 9.59 Å². The molecule has 1 aromatic carbocycles. The quantitative estimate of drug-likeness (QED) is 0.809. The van der Waals surface area contributed by atoms with Gasteiger partial charge in [0, 0.05) is 25.8 Å². The summed E-state index contributed by atoms with van der Waals surface area (Å²) in [5.74, 6) is -0.329. The molecule has 1 aromatic rings. The molecule has 0 aliphatic carbocycles. The number of carbonyl (C=O) groups excluding carboxylic acids is 2. The predicted octanol–water partition coefficient (Wildman–Crippen LogP) is 2.11. The lowest BCUT2D eigenvalue weighted by Crippen LogP contribution is -2.45. The van der Waals surface area contributed by atoms with Crippen molar-refractivity contribution in [2.24, 2.45) is 0 Å². The van der Waals surface area contributed by atoms with Crippen LogP contribution >= 0.6 is 0 Å². The molecule has 0 heterocycles. The Morgan fingerprint density at radius 2 is 1.90 bits per heavy atom. The van der Waals surface area contributed by atoms with Crippen LogP contribution in [0, 0.1) is 0 Å². The van der Waals surface area contributed by atoms with Crippen molar-refractivity contribution in [2.75, 3.05) is 25.5 Å². The molecule has 0 saturated carbocycles. The molecule has 0 bridgehead atoms. The Hall–Kier alpha value is -2.04. The van der Waals surface area contributed by atoms with Crippen LogP contribution in [-0.4, -0.2) is 42.9 Å². The molecule has 0 saturated heterocycles.